The van der Waals surface area contributed by atoms with E-state index in [9.17, 15) is 27.9 Å². The summed E-state index contributed by atoms with van der Waals surface area (Å²) in [7, 11) is -3.94. The van der Waals surface area contributed by atoms with Crippen molar-refractivity contribution in [2.75, 3.05) is 5.32 Å². The normalized spacial score (nSPS) is 25.7. The van der Waals surface area contributed by atoms with Gasteiger partial charge in [-0.15, -0.1) is 0 Å². The minimum Gasteiger partial charge on any atom is -0.480 e. The highest BCUT2D eigenvalue weighted by Gasteiger charge is 2.68. The number of carboxylic acids is 1. The maximum absolute atomic E-state index is 13.6. The topological polar surface area (TPSA) is 133 Å². The number of benzene rings is 2. The lowest BCUT2D eigenvalue weighted by Crippen LogP contribution is -2.63. The molecule has 3 N–H and O–H groups in total. The third kappa shape index (κ3) is 5.28. The number of nitrogens with one attached hydrogen (secondary N) is 2. The van der Waals surface area contributed by atoms with E-state index in [1.807, 2.05) is 0 Å². The Labute approximate surface area is 241 Å². The van der Waals surface area contributed by atoms with Gasteiger partial charge in [0.05, 0.1) is 4.90 Å². The Bertz CT molecular complexity index is 1420. The van der Waals surface area contributed by atoms with Crippen LogP contribution in [0.4, 0.5) is 5.69 Å². The number of hydrogen-bond donors (Lipinski definition) is 3. The summed E-state index contributed by atoms with van der Waals surface area (Å²) >= 11 is 0. The fourth-order valence-corrected chi connectivity index (χ4v) is 8.89. The van der Waals surface area contributed by atoms with Crippen LogP contribution in [0.5, 0.6) is 0 Å². The molecule has 2 aromatic carbocycles. The van der Waals surface area contributed by atoms with Crippen LogP contribution in [0.2, 0.25) is 0 Å². The monoisotopic (exact) mass is 581 g/mol. The summed E-state index contributed by atoms with van der Waals surface area (Å²) in [6.45, 7) is 8.32. The Morgan fingerprint density at radius 1 is 0.902 bits per heavy atom. The number of carbonyl (C=O) groups is 3. The molecule has 2 atom stereocenters. The minimum absolute atomic E-state index is 0.0181. The highest BCUT2D eigenvalue weighted by molar-refractivity contribution is 7.89. The number of nitrogens with zero attached hydrogens (tertiary/aromatic N) is 1. The zero-order valence-electron chi connectivity index (χ0n) is 24.0. The number of anilines is 1. The number of carbonyl (C=O) groups excluding carboxylic acids is 2. The van der Waals surface area contributed by atoms with Crippen LogP contribution in [0.25, 0.3) is 0 Å². The molecule has 2 bridgehead atoms. The number of hydrogen-bond acceptors (Lipinski definition) is 5. The quantitative estimate of drug-likeness (QED) is 0.409. The van der Waals surface area contributed by atoms with E-state index in [0.29, 0.717) is 24.1 Å². The second-order valence-electron chi connectivity index (χ2n) is 12.8. The van der Waals surface area contributed by atoms with Crippen LogP contribution in [0.3, 0.4) is 0 Å². The van der Waals surface area contributed by atoms with Gasteiger partial charge in [0.25, 0.3) is 0 Å². The fraction of sp³-hybridized carbons (Fsp3) is 0.516. The van der Waals surface area contributed by atoms with E-state index < -0.39 is 34.0 Å². The Hall–Kier alpha value is -3.24. The van der Waals surface area contributed by atoms with Gasteiger partial charge in [-0.2, -0.15) is 4.31 Å². The lowest BCUT2D eigenvalue weighted by atomic mass is 9.76. The van der Waals surface area contributed by atoms with Crippen molar-refractivity contribution in [2.24, 2.45) is 22.7 Å². The summed E-state index contributed by atoms with van der Waals surface area (Å²) in [5.74, 6) is -2.09. The van der Waals surface area contributed by atoms with E-state index in [-0.39, 0.29) is 45.9 Å². The third-order valence-electron chi connectivity index (χ3n) is 9.97. The third-order valence-corrected chi connectivity index (χ3v) is 11.9. The first kappa shape index (κ1) is 29.3. The lowest BCUT2D eigenvalue weighted by molar-refractivity contribution is -0.143. The molecule has 2 aromatic rings. The molecule has 220 valence electrons. The van der Waals surface area contributed by atoms with Crippen LogP contribution in [0.1, 0.15) is 58.9 Å². The molecule has 2 heterocycles. The molecule has 0 radical (unpaired) electrons. The predicted molar refractivity (Wildman–Crippen MR) is 154 cm³/mol. The van der Waals surface area contributed by atoms with E-state index in [1.165, 1.54) is 16.4 Å². The van der Waals surface area contributed by atoms with Gasteiger partial charge in [0, 0.05) is 24.1 Å². The maximum Gasteiger partial charge on any atom is 0.326 e. The second kappa shape index (κ2) is 10.5. The molecule has 0 aromatic heterocycles. The molecule has 10 heteroatoms. The van der Waals surface area contributed by atoms with Crippen molar-refractivity contribution >= 4 is 33.5 Å². The number of rotatable bonds is 9. The zero-order chi connectivity index (χ0) is 29.7. The minimum atomic E-state index is -3.94. The number of fused-ring (bicyclic) bond motifs is 3. The van der Waals surface area contributed by atoms with Gasteiger partial charge in [-0.05, 0) is 72.3 Å². The smallest absolute Gasteiger partial charge is 0.326 e. The van der Waals surface area contributed by atoms with Crippen LogP contribution in [-0.2, 0) is 30.8 Å². The molecular formula is C31H39N3O6S. The standard InChI is InChI=1S/C31H39N3O6S/c1-30(2)26(31(30,3)4)28(36)32-21-14-10-19(11-15-21)18-24(29(37)38)33-27(35)25-20-12-16-22(17-13-20)34(25)41(39,40)23-8-6-5-7-9-23/h5-11,14-15,20,22,24-26H,12-13,16-18H2,1-4H3,(H,32,36)(H,33,35)(H,37,38). The summed E-state index contributed by atoms with van der Waals surface area (Å²) in [6.07, 6.45) is 2.83. The molecule has 2 saturated heterocycles. The Kier molecular flexibility index (Phi) is 7.53. The Morgan fingerprint density at radius 2 is 1.49 bits per heavy atom. The van der Waals surface area contributed by atoms with Crippen LogP contribution < -0.4 is 10.6 Å². The van der Waals surface area contributed by atoms with Crippen LogP contribution in [0, 0.1) is 22.7 Å². The molecule has 2 unspecified atom stereocenters. The first-order valence-corrected chi connectivity index (χ1v) is 15.7. The summed E-state index contributed by atoms with van der Waals surface area (Å²) in [4.78, 5) is 38.7. The molecule has 4 aliphatic rings. The molecule has 41 heavy (non-hydrogen) atoms. The summed E-state index contributed by atoms with van der Waals surface area (Å²) in [5, 5.41) is 15.6. The zero-order valence-corrected chi connectivity index (χ0v) is 24.8. The van der Waals surface area contributed by atoms with Gasteiger partial charge in [-0.1, -0.05) is 58.0 Å². The Balaban J connectivity index is 1.28. The van der Waals surface area contributed by atoms with Crippen LogP contribution in [-0.4, -0.2) is 53.7 Å². The highest BCUT2D eigenvalue weighted by atomic mass is 32.2. The molecule has 6 rings (SSSR count). The number of sulfonamides is 1. The highest BCUT2D eigenvalue weighted by Crippen LogP contribution is 2.68. The molecule has 2 saturated carbocycles. The predicted octanol–water partition coefficient (Wildman–Crippen LogP) is 4.05. The van der Waals surface area contributed by atoms with Gasteiger partial charge in [0.15, 0.2) is 0 Å². The van der Waals surface area contributed by atoms with E-state index in [1.54, 1.807) is 42.5 Å². The van der Waals surface area contributed by atoms with Crippen molar-refractivity contribution in [3.05, 3.63) is 60.2 Å². The van der Waals surface area contributed by atoms with Crippen molar-refractivity contribution in [1.82, 2.24) is 9.62 Å². The van der Waals surface area contributed by atoms with Gasteiger partial charge in [-0.3, -0.25) is 9.59 Å². The number of amides is 2. The van der Waals surface area contributed by atoms with Crippen molar-refractivity contribution < 1.29 is 27.9 Å². The first-order chi connectivity index (χ1) is 19.2. The van der Waals surface area contributed by atoms with E-state index in [4.69, 9.17) is 0 Å². The van der Waals surface area contributed by atoms with Gasteiger partial charge in [0.1, 0.15) is 12.1 Å². The van der Waals surface area contributed by atoms with Crippen LogP contribution in [0.15, 0.2) is 59.5 Å². The SMILES string of the molecule is CC1(C)C(C(=O)Nc2ccc(CC(NC(=O)C3C4CCC(CC4)N3S(=O)(=O)c3ccccc3)C(=O)O)cc2)C1(C)C. The van der Waals surface area contributed by atoms with Crippen molar-refractivity contribution in [3.63, 3.8) is 0 Å². The largest absolute Gasteiger partial charge is 0.480 e. The molecule has 4 fully saturated rings. The van der Waals surface area contributed by atoms with Crippen molar-refractivity contribution in [1.29, 1.82) is 0 Å². The average Bonchev–Trinajstić information content (AvgIpc) is 3.37. The molecule has 2 aliphatic carbocycles. The molecular weight excluding hydrogens is 542 g/mol. The maximum atomic E-state index is 13.6. The summed E-state index contributed by atoms with van der Waals surface area (Å²) in [5.41, 5.74) is 1.12. The lowest BCUT2D eigenvalue weighted by Gasteiger charge is -2.49. The average molecular weight is 582 g/mol. The van der Waals surface area contributed by atoms with E-state index >= 15 is 0 Å². The van der Waals surface area contributed by atoms with Gasteiger partial charge in [0.2, 0.25) is 21.8 Å². The van der Waals surface area contributed by atoms with E-state index in [0.717, 1.165) is 12.8 Å². The second-order valence-corrected chi connectivity index (χ2v) is 14.7. The Morgan fingerprint density at radius 3 is 2.02 bits per heavy atom. The number of piperidine rings is 2. The molecule has 0 spiro atoms. The van der Waals surface area contributed by atoms with E-state index in [2.05, 4.69) is 38.3 Å². The van der Waals surface area contributed by atoms with Gasteiger partial charge in [-0.25, -0.2) is 13.2 Å². The summed E-state index contributed by atoms with van der Waals surface area (Å²) in [6, 6.07) is 12.5. The van der Waals surface area contributed by atoms with Crippen molar-refractivity contribution in [3.8, 4) is 0 Å². The summed E-state index contributed by atoms with van der Waals surface area (Å²) < 4.78 is 28.6. The van der Waals surface area contributed by atoms with Crippen LogP contribution >= 0.6 is 0 Å². The van der Waals surface area contributed by atoms with Gasteiger partial charge >= 0.3 is 5.97 Å². The first-order valence-electron chi connectivity index (χ1n) is 14.3. The molecule has 2 amide bonds. The van der Waals surface area contributed by atoms with Crippen molar-refractivity contribution in [2.45, 2.75) is 82.8 Å². The van der Waals surface area contributed by atoms with Gasteiger partial charge < -0.3 is 15.7 Å². The number of carboxylic acid groups (broad SMARTS) is 1. The molecule has 9 nitrogen and oxygen atoms in total. The fourth-order valence-electron chi connectivity index (χ4n) is 6.98. The number of aliphatic carboxylic acids is 1. The molecule has 2 aliphatic heterocycles.